The van der Waals surface area contributed by atoms with E-state index in [0.717, 1.165) is 17.1 Å². The monoisotopic (exact) mass is 1170 g/mol. The molecule has 1 aromatic rings. The van der Waals surface area contributed by atoms with Crippen LogP contribution in [0.5, 0.6) is 0 Å². The maximum absolute atomic E-state index is 13.8. The van der Waals surface area contributed by atoms with Crippen LogP contribution in [-0.4, -0.2) is 241 Å². The Balaban J connectivity index is 1.69. The summed E-state index contributed by atoms with van der Waals surface area (Å²) >= 11 is 0. The maximum Gasteiger partial charge on any atom is 0.312 e. The highest BCUT2D eigenvalue weighted by Gasteiger charge is 2.31. The second-order valence-corrected chi connectivity index (χ2v) is 19.6. The third kappa shape index (κ3) is 35.3. The van der Waals surface area contributed by atoms with Crippen LogP contribution < -0.4 is 27.0 Å². The second kappa shape index (κ2) is 44.8. The van der Waals surface area contributed by atoms with E-state index in [1.54, 1.807) is 66.0 Å². The molecule has 1 aliphatic rings. The van der Waals surface area contributed by atoms with Crippen molar-refractivity contribution in [2.24, 2.45) is 17.1 Å². The largest absolute Gasteiger partial charge is 0.460 e. The first-order valence-corrected chi connectivity index (χ1v) is 27.7. The van der Waals surface area contributed by atoms with Gasteiger partial charge in [-0.15, -0.1) is 0 Å². The summed E-state index contributed by atoms with van der Waals surface area (Å²) in [5.74, 6) is -4.55. The number of amides is 8. The number of urea groups is 1. The average molecular weight is 1170 g/mol. The smallest absolute Gasteiger partial charge is 0.312 e. The van der Waals surface area contributed by atoms with E-state index in [4.69, 9.17) is 62.6 Å². The van der Waals surface area contributed by atoms with Gasteiger partial charge in [-0.05, 0) is 57.2 Å². The molecule has 2 atom stereocenters. The Labute approximate surface area is 481 Å². The number of hydrogen-bond acceptors (Lipinski definition) is 20. The lowest BCUT2D eigenvalue weighted by molar-refractivity contribution is -0.154. The van der Waals surface area contributed by atoms with Gasteiger partial charge in [-0.25, -0.2) is 4.79 Å². The summed E-state index contributed by atoms with van der Waals surface area (Å²) in [5, 5.41) is 10.7. The Morgan fingerprint density at radius 2 is 1.04 bits per heavy atom. The van der Waals surface area contributed by atoms with Gasteiger partial charge in [0, 0.05) is 51.0 Å². The van der Waals surface area contributed by atoms with Crippen LogP contribution in [0, 0.1) is 11.3 Å². The SMILES string of the molecule is COCCOCCOCCOCCOCCOCCOCCOCCOCCOCCOCCN(CCC(=O)N[C@H](C(=O)N[C@@H](CCCNC(N)=O)C(=O)Nc1ccc(COC(=O)C(C)(C)C)cc1)C(C)C)C(=O)CN1C(=O)C=CC1=O. The molecule has 1 aromatic carbocycles. The topological polar surface area (TPSA) is 328 Å². The van der Waals surface area contributed by atoms with Gasteiger partial charge in [0.05, 0.1) is 144 Å². The van der Waals surface area contributed by atoms with Gasteiger partial charge in [0.2, 0.25) is 23.6 Å². The van der Waals surface area contributed by atoms with E-state index < -0.39 is 71.4 Å². The molecule has 0 saturated heterocycles. The predicted octanol–water partition coefficient (Wildman–Crippen LogP) is 0.745. The van der Waals surface area contributed by atoms with Gasteiger partial charge in [-0.1, -0.05) is 26.0 Å². The number of ether oxygens (including phenoxy) is 12. The standard InChI is InChI=1S/C55H91N7O20/c1-42(2)50(52(68)59-45(8-7-16-57-54(56)70)51(67)58-44-11-9-43(10-12-44)41-82-53(69)55(3,4)5)60-46(63)15-17-61(49(66)40-62-47(64)13-14-48(62)65)18-19-72-22-23-74-26-27-76-30-31-78-34-35-80-38-39-81-37-36-79-33-32-77-29-28-75-25-24-73-21-20-71-6/h9-14,42,45,50H,7-8,15-41H2,1-6H3,(H,58,67)(H,59,68)(H,60,63)(H3,56,57,70)/t45-,50-/m0/s1. The van der Waals surface area contributed by atoms with E-state index >= 15 is 0 Å². The summed E-state index contributed by atoms with van der Waals surface area (Å²) in [6, 6.07) is 3.64. The van der Waals surface area contributed by atoms with E-state index in [9.17, 15) is 38.4 Å². The van der Waals surface area contributed by atoms with E-state index in [0.29, 0.717) is 130 Å². The van der Waals surface area contributed by atoms with Crippen molar-refractivity contribution in [1.29, 1.82) is 0 Å². The molecule has 0 fully saturated rings. The number of rotatable bonds is 50. The Morgan fingerprint density at radius 3 is 1.45 bits per heavy atom. The number of carbonyl (C=O) groups is 8. The summed E-state index contributed by atoms with van der Waals surface area (Å²) < 4.78 is 65.3. The molecule has 466 valence electrons. The Bertz CT molecular complexity index is 2010. The molecule has 27 nitrogen and oxygen atoms in total. The van der Waals surface area contributed by atoms with Gasteiger partial charge in [0.25, 0.3) is 11.8 Å². The number of nitrogens with zero attached hydrogens (tertiary/aromatic N) is 2. The third-order valence-corrected chi connectivity index (χ3v) is 11.5. The lowest BCUT2D eigenvalue weighted by Gasteiger charge is -2.27. The molecule has 0 radical (unpaired) electrons. The van der Waals surface area contributed by atoms with Gasteiger partial charge in [-0.3, -0.25) is 38.5 Å². The quantitative estimate of drug-likeness (QED) is 0.0341. The zero-order valence-corrected chi connectivity index (χ0v) is 48.8. The van der Waals surface area contributed by atoms with Gasteiger partial charge < -0.3 is 88.7 Å². The Morgan fingerprint density at radius 1 is 0.598 bits per heavy atom. The van der Waals surface area contributed by atoms with Crippen molar-refractivity contribution in [3.63, 3.8) is 0 Å². The molecule has 0 unspecified atom stereocenters. The van der Waals surface area contributed by atoms with Gasteiger partial charge in [-0.2, -0.15) is 0 Å². The van der Waals surface area contributed by atoms with Crippen molar-refractivity contribution in [3.8, 4) is 0 Å². The summed E-state index contributed by atoms with van der Waals surface area (Å²) in [7, 11) is 1.63. The molecule has 0 spiro atoms. The minimum atomic E-state index is -1.11. The van der Waals surface area contributed by atoms with Crippen molar-refractivity contribution >= 4 is 53.1 Å². The van der Waals surface area contributed by atoms with Crippen LogP contribution in [0.15, 0.2) is 36.4 Å². The number of methoxy groups -OCH3 is 1. The molecule has 1 heterocycles. The summed E-state index contributed by atoms with van der Waals surface area (Å²) in [4.78, 5) is 104. The van der Waals surface area contributed by atoms with Crippen LogP contribution >= 0.6 is 0 Å². The van der Waals surface area contributed by atoms with E-state index in [-0.39, 0.29) is 71.3 Å². The zero-order valence-electron chi connectivity index (χ0n) is 48.8. The first-order chi connectivity index (χ1) is 39.4. The highest BCUT2D eigenvalue weighted by Crippen LogP contribution is 2.18. The number of benzene rings is 1. The number of anilines is 1. The summed E-state index contributed by atoms with van der Waals surface area (Å²) in [5.41, 5.74) is 5.62. The van der Waals surface area contributed by atoms with Crippen LogP contribution in [0.25, 0.3) is 0 Å². The number of primary amides is 1. The number of hydrogen-bond donors (Lipinski definition) is 5. The number of nitrogens with one attached hydrogen (secondary N) is 4. The van der Waals surface area contributed by atoms with Crippen LogP contribution in [0.4, 0.5) is 10.5 Å². The van der Waals surface area contributed by atoms with Crippen molar-refractivity contribution in [2.45, 2.75) is 72.6 Å². The number of imide groups is 1. The van der Waals surface area contributed by atoms with Crippen molar-refractivity contribution < 1.29 is 95.2 Å². The van der Waals surface area contributed by atoms with Crippen molar-refractivity contribution in [2.75, 3.05) is 177 Å². The number of carbonyl (C=O) groups excluding carboxylic acids is 8. The van der Waals surface area contributed by atoms with Crippen molar-refractivity contribution in [1.82, 2.24) is 25.8 Å². The fraction of sp³-hybridized carbons (Fsp3) is 0.709. The molecular weight excluding hydrogens is 1080 g/mol. The Hall–Kier alpha value is -5.72. The van der Waals surface area contributed by atoms with Gasteiger partial charge in [0.15, 0.2) is 0 Å². The van der Waals surface area contributed by atoms with E-state index in [2.05, 4.69) is 21.3 Å². The number of esters is 1. The Kier molecular flexibility index (Phi) is 39.6. The lowest BCUT2D eigenvalue weighted by Crippen LogP contribution is -2.55. The second-order valence-electron chi connectivity index (χ2n) is 19.6. The highest BCUT2D eigenvalue weighted by atomic mass is 16.6. The van der Waals surface area contributed by atoms with Crippen LogP contribution in [0.3, 0.4) is 0 Å². The van der Waals surface area contributed by atoms with Crippen LogP contribution in [-0.2, 0) is 97.0 Å². The number of nitrogens with two attached hydrogens (primary N) is 1. The molecule has 1 aliphatic heterocycles. The fourth-order valence-electron chi connectivity index (χ4n) is 6.93. The summed E-state index contributed by atoms with van der Waals surface area (Å²) in [6.07, 6.45) is 2.20. The fourth-order valence-corrected chi connectivity index (χ4v) is 6.93. The minimum Gasteiger partial charge on any atom is -0.460 e. The van der Waals surface area contributed by atoms with Crippen LogP contribution in [0.2, 0.25) is 0 Å². The predicted molar refractivity (Wildman–Crippen MR) is 297 cm³/mol. The minimum absolute atomic E-state index is 0.000788. The molecule has 8 amide bonds. The normalized spacial score (nSPS) is 13.1. The van der Waals surface area contributed by atoms with Crippen LogP contribution in [0.1, 0.15) is 59.4 Å². The average Bonchev–Trinajstić information content (AvgIpc) is 3.80. The molecule has 0 aromatic heterocycles. The third-order valence-electron chi connectivity index (χ3n) is 11.5. The highest BCUT2D eigenvalue weighted by molar-refractivity contribution is 6.14. The maximum atomic E-state index is 13.8. The van der Waals surface area contributed by atoms with Gasteiger partial charge in [0.1, 0.15) is 25.2 Å². The van der Waals surface area contributed by atoms with Crippen molar-refractivity contribution in [3.05, 3.63) is 42.0 Å². The first-order valence-electron chi connectivity index (χ1n) is 27.7. The lowest BCUT2D eigenvalue weighted by atomic mass is 9.97. The molecule has 2 rings (SSSR count). The summed E-state index contributed by atoms with van der Waals surface area (Å²) in [6.45, 7) is 16.5. The van der Waals surface area contributed by atoms with E-state index in [1.807, 2.05) is 0 Å². The zero-order chi connectivity index (χ0) is 60.2. The molecular formula is C55H91N7O20. The van der Waals surface area contributed by atoms with E-state index in [1.165, 1.54) is 4.90 Å². The molecule has 0 bridgehead atoms. The molecule has 0 saturated carbocycles. The van der Waals surface area contributed by atoms with Gasteiger partial charge >= 0.3 is 12.0 Å². The first kappa shape index (κ1) is 72.4. The molecule has 27 heteroatoms. The molecule has 6 N–H and O–H groups in total. The molecule has 0 aliphatic carbocycles. The molecule has 82 heavy (non-hydrogen) atoms.